The normalized spacial score (nSPS) is 11.1. The summed E-state index contributed by atoms with van der Waals surface area (Å²) in [4.78, 5) is 54.5. The van der Waals surface area contributed by atoms with Crippen molar-refractivity contribution in [2.75, 3.05) is 0 Å². The van der Waals surface area contributed by atoms with Gasteiger partial charge in [-0.3, -0.25) is 23.5 Å². The first-order chi connectivity index (χ1) is 14.4. The van der Waals surface area contributed by atoms with E-state index >= 15 is 0 Å². The van der Waals surface area contributed by atoms with Crippen molar-refractivity contribution in [2.45, 2.75) is 13.1 Å². The number of nitrogens with zero attached hydrogens (tertiary/aromatic N) is 4. The number of rotatable bonds is 6. The largest absolute Gasteiger partial charge is 0.461 e. The molecule has 4 rings (SSSR count). The number of amides is 1. The summed E-state index contributed by atoms with van der Waals surface area (Å²) in [5.41, 5.74) is -0.607. The van der Waals surface area contributed by atoms with Gasteiger partial charge >= 0.3 is 5.69 Å². The van der Waals surface area contributed by atoms with E-state index in [9.17, 15) is 19.2 Å². The predicted octanol–water partition coefficient (Wildman–Crippen LogP) is 0.636. The fourth-order valence-corrected chi connectivity index (χ4v) is 3.93. The molecule has 11 heteroatoms. The molecule has 1 N–H and O–H groups in total. The van der Waals surface area contributed by atoms with Gasteiger partial charge in [-0.05, 0) is 24.3 Å². The van der Waals surface area contributed by atoms with Crippen LogP contribution in [0.15, 0.2) is 50.9 Å². The minimum Gasteiger partial charge on any atom is -0.461 e. The van der Waals surface area contributed by atoms with Gasteiger partial charge in [-0.15, -0.1) is 11.3 Å². The molecule has 4 heterocycles. The second-order valence-electron chi connectivity index (χ2n) is 6.60. The molecule has 0 unspecified atom stereocenters. The molecule has 4 aromatic heterocycles. The van der Waals surface area contributed by atoms with Crippen LogP contribution in [0.1, 0.15) is 20.3 Å². The number of fused-ring (bicyclic) bond motifs is 1. The van der Waals surface area contributed by atoms with E-state index < -0.39 is 11.2 Å². The first-order valence-corrected chi connectivity index (χ1v) is 9.73. The monoisotopic (exact) mass is 427 g/mol. The Morgan fingerprint density at radius 3 is 2.70 bits per heavy atom. The molecule has 1 amide bonds. The molecule has 10 nitrogen and oxygen atoms in total. The first-order valence-electron chi connectivity index (χ1n) is 8.91. The van der Waals surface area contributed by atoms with Crippen LogP contribution >= 0.6 is 11.3 Å². The first kappa shape index (κ1) is 19.6. The summed E-state index contributed by atoms with van der Waals surface area (Å²) in [5, 5.41) is 2.76. The third-order valence-corrected chi connectivity index (χ3v) is 5.71. The van der Waals surface area contributed by atoms with Crippen molar-refractivity contribution in [1.29, 1.82) is 0 Å². The Morgan fingerprint density at radius 2 is 1.97 bits per heavy atom. The van der Waals surface area contributed by atoms with Gasteiger partial charge in [-0.25, -0.2) is 9.78 Å². The Kier molecular flexibility index (Phi) is 4.96. The minimum absolute atomic E-state index is 0.131. The lowest BCUT2D eigenvalue weighted by Crippen LogP contribution is -2.38. The SMILES string of the molecule is Cn1c(=O)c2c(ncn2CC(=O)NCc2ccc(C(=O)c3ccco3)s2)n(C)c1=O. The van der Waals surface area contributed by atoms with Crippen LogP contribution in [0.2, 0.25) is 0 Å². The number of nitrogens with one attached hydrogen (secondary N) is 1. The van der Waals surface area contributed by atoms with Crippen LogP contribution in [0.4, 0.5) is 0 Å². The maximum absolute atomic E-state index is 12.4. The van der Waals surface area contributed by atoms with Crippen molar-refractivity contribution in [3.63, 3.8) is 0 Å². The van der Waals surface area contributed by atoms with Crippen LogP contribution in [-0.2, 0) is 32.0 Å². The lowest BCUT2D eigenvalue weighted by molar-refractivity contribution is -0.121. The number of aromatic nitrogens is 4. The number of aryl methyl sites for hydroxylation is 1. The molecule has 4 aromatic rings. The summed E-state index contributed by atoms with van der Waals surface area (Å²) < 4.78 is 8.76. The second kappa shape index (κ2) is 7.59. The van der Waals surface area contributed by atoms with Crippen molar-refractivity contribution in [3.05, 3.63) is 73.2 Å². The van der Waals surface area contributed by atoms with Crippen LogP contribution in [0.3, 0.4) is 0 Å². The summed E-state index contributed by atoms with van der Waals surface area (Å²) in [6, 6.07) is 6.69. The van der Waals surface area contributed by atoms with Gasteiger partial charge in [0.05, 0.1) is 24.0 Å². The standard InChI is InChI=1S/C19H17N5O5S/c1-22-17-15(18(27)23(2)19(22)28)24(10-21-17)9-14(25)20-8-11-5-6-13(30-11)16(26)12-4-3-7-29-12/h3-7,10H,8-9H2,1-2H3,(H,20,25). The van der Waals surface area contributed by atoms with Gasteiger partial charge in [0, 0.05) is 19.0 Å². The van der Waals surface area contributed by atoms with Crippen molar-refractivity contribution in [3.8, 4) is 0 Å². The minimum atomic E-state index is -0.516. The summed E-state index contributed by atoms with van der Waals surface area (Å²) in [6.07, 6.45) is 2.79. The highest BCUT2D eigenvalue weighted by Gasteiger charge is 2.17. The summed E-state index contributed by atoms with van der Waals surface area (Å²) in [7, 11) is 2.89. The zero-order chi connectivity index (χ0) is 21.4. The van der Waals surface area contributed by atoms with Gasteiger partial charge in [0.25, 0.3) is 5.56 Å². The molecule has 0 spiro atoms. The number of furan rings is 1. The zero-order valence-corrected chi connectivity index (χ0v) is 16.9. The van der Waals surface area contributed by atoms with Gasteiger partial charge in [0.1, 0.15) is 6.54 Å². The number of carbonyl (C=O) groups excluding carboxylic acids is 2. The van der Waals surface area contributed by atoms with E-state index in [2.05, 4.69) is 10.3 Å². The predicted molar refractivity (Wildman–Crippen MR) is 109 cm³/mol. The average Bonchev–Trinajstić information content (AvgIpc) is 3.49. The Bertz CT molecular complexity index is 1370. The van der Waals surface area contributed by atoms with E-state index in [0.29, 0.717) is 4.88 Å². The molecular weight excluding hydrogens is 410 g/mol. The van der Waals surface area contributed by atoms with E-state index in [1.54, 1.807) is 24.3 Å². The molecule has 0 aliphatic heterocycles. The molecule has 0 saturated carbocycles. The fourth-order valence-electron chi connectivity index (χ4n) is 3.04. The molecule has 154 valence electrons. The molecule has 0 atom stereocenters. The highest BCUT2D eigenvalue weighted by molar-refractivity contribution is 7.14. The van der Waals surface area contributed by atoms with Crippen LogP contribution in [0, 0.1) is 0 Å². The number of thiophene rings is 1. The maximum Gasteiger partial charge on any atom is 0.332 e. The Morgan fingerprint density at radius 1 is 1.17 bits per heavy atom. The van der Waals surface area contributed by atoms with Crippen LogP contribution in [0.5, 0.6) is 0 Å². The molecule has 0 fully saturated rings. The molecule has 0 aliphatic carbocycles. The van der Waals surface area contributed by atoms with E-state index in [4.69, 9.17) is 4.42 Å². The second-order valence-corrected chi connectivity index (χ2v) is 7.77. The Balaban J connectivity index is 1.46. The van der Waals surface area contributed by atoms with E-state index in [-0.39, 0.29) is 41.7 Å². The topological polar surface area (TPSA) is 121 Å². The zero-order valence-electron chi connectivity index (χ0n) is 16.1. The van der Waals surface area contributed by atoms with Gasteiger partial charge in [-0.2, -0.15) is 0 Å². The lowest BCUT2D eigenvalue weighted by atomic mass is 10.2. The highest BCUT2D eigenvalue weighted by Crippen LogP contribution is 2.20. The Labute approximate surface area is 173 Å². The van der Waals surface area contributed by atoms with Crippen molar-refractivity contribution in [2.24, 2.45) is 14.1 Å². The molecule has 0 radical (unpaired) electrons. The van der Waals surface area contributed by atoms with Crippen molar-refractivity contribution >= 4 is 34.2 Å². The summed E-state index contributed by atoms with van der Waals surface area (Å²) in [6.45, 7) is 0.103. The quantitative estimate of drug-likeness (QED) is 0.451. The lowest BCUT2D eigenvalue weighted by Gasteiger charge is -2.07. The van der Waals surface area contributed by atoms with E-state index in [0.717, 1.165) is 9.44 Å². The molecule has 0 saturated heterocycles. The maximum atomic E-state index is 12.4. The highest BCUT2D eigenvalue weighted by atomic mass is 32.1. The van der Waals surface area contributed by atoms with Gasteiger partial charge in [0.2, 0.25) is 11.7 Å². The number of hydrogen-bond donors (Lipinski definition) is 1. The molecular formula is C19H17N5O5S. The third kappa shape index (κ3) is 3.39. The smallest absolute Gasteiger partial charge is 0.332 e. The number of imidazole rings is 1. The van der Waals surface area contributed by atoms with Crippen molar-refractivity contribution < 1.29 is 14.0 Å². The third-order valence-electron chi connectivity index (χ3n) is 4.62. The van der Waals surface area contributed by atoms with Gasteiger partial charge in [-0.1, -0.05) is 0 Å². The van der Waals surface area contributed by atoms with Crippen molar-refractivity contribution in [1.82, 2.24) is 24.0 Å². The summed E-state index contributed by atoms with van der Waals surface area (Å²) >= 11 is 1.26. The van der Waals surface area contributed by atoms with E-state index in [1.165, 1.54) is 47.2 Å². The molecule has 30 heavy (non-hydrogen) atoms. The molecule has 0 aliphatic rings. The fraction of sp³-hybridized carbons (Fsp3) is 0.211. The summed E-state index contributed by atoms with van der Waals surface area (Å²) in [5.74, 6) is -0.290. The van der Waals surface area contributed by atoms with Gasteiger partial charge in [0.15, 0.2) is 16.9 Å². The average molecular weight is 427 g/mol. The molecule has 0 bridgehead atoms. The van der Waals surface area contributed by atoms with E-state index in [1.807, 2.05) is 0 Å². The Hall–Kier alpha value is -3.73. The van der Waals surface area contributed by atoms with Crippen LogP contribution in [0.25, 0.3) is 11.2 Å². The van der Waals surface area contributed by atoms with Gasteiger partial charge < -0.3 is 14.3 Å². The van der Waals surface area contributed by atoms with Crippen LogP contribution < -0.4 is 16.6 Å². The number of hydrogen-bond acceptors (Lipinski definition) is 7. The van der Waals surface area contributed by atoms with Crippen LogP contribution in [-0.4, -0.2) is 30.4 Å². The molecule has 0 aromatic carbocycles. The number of carbonyl (C=O) groups is 2. The number of ketones is 1.